The molecule has 0 radical (unpaired) electrons. The summed E-state index contributed by atoms with van der Waals surface area (Å²) in [4.78, 5) is 20.8. The molecule has 0 spiro atoms. The Balaban J connectivity index is 1.71. The molecule has 2 aliphatic rings. The van der Waals surface area contributed by atoms with E-state index in [9.17, 15) is 4.79 Å². The number of rotatable bonds is 4. The molecule has 2 saturated heterocycles. The first-order chi connectivity index (χ1) is 9.29. The van der Waals surface area contributed by atoms with Crippen molar-refractivity contribution in [2.75, 3.05) is 13.1 Å². The zero-order valence-corrected chi connectivity index (χ0v) is 11.0. The molecule has 1 amide bonds. The summed E-state index contributed by atoms with van der Waals surface area (Å²) in [5.41, 5.74) is 1.08. The van der Waals surface area contributed by atoms with Gasteiger partial charge in [0.15, 0.2) is 0 Å². The van der Waals surface area contributed by atoms with Crippen molar-refractivity contribution >= 4 is 5.91 Å². The van der Waals surface area contributed by atoms with Crippen LogP contribution < -0.4 is 0 Å². The van der Waals surface area contributed by atoms with Crippen LogP contribution >= 0.6 is 0 Å². The number of hydrogen-bond acceptors (Lipinski definition) is 3. The standard InChI is InChI=1S/C15H19N3O/c1-2-8-18-13-6-9-17(14(13)10-15(18)19)11-12-5-3-4-7-16-12/h2-5,7,13-14H,1,6,8-11H2/t13-,14+/m0/s1. The zero-order chi connectivity index (χ0) is 13.2. The number of nitrogens with zero attached hydrogens (tertiary/aromatic N) is 3. The lowest BCUT2D eigenvalue weighted by Gasteiger charge is -2.24. The molecule has 2 atom stereocenters. The number of likely N-dealkylation sites (tertiary alicyclic amines) is 2. The highest BCUT2D eigenvalue weighted by molar-refractivity contribution is 5.80. The van der Waals surface area contributed by atoms with Gasteiger partial charge in [-0.3, -0.25) is 14.7 Å². The highest BCUT2D eigenvalue weighted by Crippen LogP contribution is 2.32. The monoisotopic (exact) mass is 257 g/mol. The smallest absolute Gasteiger partial charge is 0.224 e. The second-order valence-electron chi connectivity index (χ2n) is 5.25. The molecule has 0 unspecified atom stereocenters. The Bertz CT molecular complexity index is 474. The van der Waals surface area contributed by atoms with Gasteiger partial charge in [-0.25, -0.2) is 0 Å². The van der Waals surface area contributed by atoms with Crippen LogP contribution in [0.1, 0.15) is 18.5 Å². The minimum atomic E-state index is 0.264. The van der Waals surface area contributed by atoms with E-state index in [0.717, 1.165) is 25.2 Å². The molecule has 4 heteroatoms. The Morgan fingerprint density at radius 2 is 2.32 bits per heavy atom. The van der Waals surface area contributed by atoms with E-state index < -0.39 is 0 Å². The van der Waals surface area contributed by atoms with E-state index in [2.05, 4.69) is 16.5 Å². The van der Waals surface area contributed by atoms with E-state index in [1.54, 1.807) is 0 Å². The van der Waals surface area contributed by atoms with Gasteiger partial charge in [-0.05, 0) is 18.6 Å². The van der Waals surface area contributed by atoms with Gasteiger partial charge in [-0.1, -0.05) is 12.1 Å². The van der Waals surface area contributed by atoms with E-state index in [0.29, 0.717) is 25.0 Å². The van der Waals surface area contributed by atoms with Gasteiger partial charge in [0.1, 0.15) is 0 Å². The average molecular weight is 257 g/mol. The maximum atomic E-state index is 12.0. The number of carbonyl (C=O) groups is 1. The number of carbonyl (C=O) groups excluding carboxylic acids is 1. The molecule has 0 aliphatic carbocycles. The quantitative estimate of drug-likeness (QED) is 0.766. The number of hydrogen-bond donors (Lipinski definition) is 0. The summed E-state index contributed by atoms with van der Waals surface area (Å²) in [7, 11) is 0. The lowest BCUT2D eigenvalue weighted by atomic mass is 10.1. The summed E-state index contributed by atoms with van der Waals surface area (Å²) in [6.07, 6.45) is 5.36. The van der Waals surface area contributed by atoms with E-state index in [1.165, 1.54) is 0 Å². The van der Waals surface area contributed by atoms with Crippen LogP contribution in [-0.4, -0.2) is 45.9 Å². The highest BCUT2D eigenvalue weighted by atomic mass is 16.2. The second-order valence-corrected chi connectivity index (χ2v) is 5.25. The maximum absolute atomic E-state index is 12.0. The minimum absolute atomic E-state index is 0.264. The van der Waals surface area contributed by atoms with Gasteiger partial charge in [0, 0.05) is 44.3 Å². The largest absolute Gasteiger partial charge is 0.334 e. The molecule has 1 aromatic rings. The molecule has 4 nitrogen and oxygen atoms in total. The van der Waals surface area contributed by atoms with Gasteiger partial charge in [0.2, 0.25) is 5.91 Å². The fourth-order valence-corrected chi connectivity index (χ4v) is 3.28. The van der Waals surface area contributed by atoms with E-state index in [4.69, 9.17) is 0 Å². The molecule has 0 aromatic carbocycles. The third-order valence-electron chi connectivity index (χ3n) is 4.15. The third-order valence-corrected chi connectivity index (χ3v) is 4.15. The predicted octanol–water partition coefficient (Wildman–Crippen LogP) is 1.44. The summed E-state index contributed by atoms with van der Waals surface area (Å²) in [5.74, 6) is 0.264. The Kier molecular flexibility index (Phi) is 3.34. The van der Waals surface area contributed by atoms with Crippen molar-refractivity contribution in [1.29, 1.82) is 0 Å². The van der Waals surface area contributed by atoms with Crippen molar-refractivity contribution < 1.29 is 4.79 Å². The molecule has 0 N–H and O–H groups in total. The molecule has 3 heterocycles. The normalized spacial score (nSPS) is 26.7. The van der Waals surface area contributed by atoms with Crippen molar-refractivity contribution in [3.8, 4) is 0 Å². The van der Waals surface area contributed by atoms with Crippen molar-refractivity contribution in [1.82, 2.24) is 14.8 Å². The molecule has 19 heavy (non-hydrogen) atoms. The van der Waals surface area contributed by atoms with Crippen LogP contribution in [0.15, 0.2) is 37.1 Å². The van der Waals surface area contributed by atoms with Crippen LogP contribution in [0.3, 0.4) is 0 Å². The Morgan fingerprint density at radius 3 is 3.05 bits per heavy atom. The number of aromatic nitrogens is 1. The molecule has 0 bridgehead atoms. The number of amides is 1. The van der Waals surface area contributed by atoms with Crippen LogP contribution in [0, 0.1) is 0 Å². The Hall–Kier alpha value is -1.68. The number of pyridine rings is 1. The fourth-order valence-electron chi connectivity index (χ4n) is 3.28. The van der Waals surface area contributed by atoms with Crippen molar-refractivity contribution in [3.63, 3.8) is 0 Å². The van der Waals surface area contributed by atoms with Gasteiger partial charge in [-0.15, -0.1) is 6.58 Å². The van der Waals surface area contributed by atoms with Crippen LogP contribution in [-0.2, 0) is 11.3 Å². The summed E-state index contributed by atoms with van der Waals surface area (Å²) in [6.45, 7) is 6.31. The first kappa shape index (κ1) is 12.4. The van der Waals surface area contributed by atoms with Gasteiger partial charge < -0.3 is 4.90 Å². The molecular formula is C15H19N3O. The summed E-state index contributed by atoms with van der Waals surface area (Å²) < 4.78 is 0. The fraction of sp³-hybridized carbons (Fsp3) is 0.467. The van der Waals surface area contributed by atoms with Crippen LogP contribution in [0.25, 0.3) is 0 Å². The first-order valence-electron chi connectivity index (χ1n) is 6.84. The van der Waals surface area contributed by atoms with Crippen molar-refractivity contribution in [3.05, 3.63) is 42.7 Å². The van der Waals surface area contributed by atoms with E-state index in [-0.39, 0.29) is 5.91 Å². The molecular weight excluding hydrogens is 238 g/mol. The van der Waals surface area contributed by atoms with E-state index >= 15 is 0 Å². The maximum Gasteiger partial charge on any atom is 0.224 e. The summed E-state index contributed by atoms with van der Waals surface area (Å²) in [5, 5.41) is 0. The Morgan fingerprint density at radius 1 is 1.42 bits per heavy atom. The van der Waals surface area contributed by atoms with Crippen LogP contribution in [0.2, 0.25) is 0 Å². The number of fused-ring (bicyclic) bond motifs is 1. The van der Waals surface area contributed by atoms with E-state index in [1.807, 2.05) is 35.4 Å². The lowest BCUT2D eigenvalue weighted by molar-refractivity contribution is -0.128. The van der Waals surface area contributed by atoms with Crippen LogP contribution in [0.4, 0.5) is 0 Å². The lowest BCUT2D eigenvalue weighted by Crippen LogP contribution is -2.37. The van der Waals surface area contributed by atoms with Gasteiger partial charge in [-0.2, -0.15) is 0 Å². The Labute approximate surface area is 113 Å². The van der Waals surface area contributed by atoms with Gasteiger partial charge in [0.25, 0.3) is 0 Å². The van der Waals surface area contributed by atoms with Gasteiger partial charge in [0.05, 0.1) is 5.69 Å². The zero-order valence-electron chi connectivity index (χ0n) is 11.0. The summed E-state index contributed by atoms with van der Waals surface area (Å²) in [6, 6.07) is 6.72. The molecule has 2 fully saturated rings. The van der Waals surface area contributed by atoms with Crippen molar-refractivity contribution in [2.24, 2.45) is 0 Å². The van der Waals surface area contributed by atoms with Crippen molar-refractivity contribution in [2.45, 2.75) is 31.5 Å². The minimum Gasteiger partial charge on any atom is -0.334 e. The predicted molar refractivity (Wildman–Crippen MR) is 73.4 cm³/mol. The first-order valence-corrected chi connectivity index (χ1v) is 6.84. The highest BCUT2D eigenvalue weighted by Gasteiger charge is 2.45. The summed E-state index contributed by atoms with van der Waals surface area (Å²) >= 11 is 0. The average Bonchev–Trinajstić information content (AvgIpc) is 2.93. The third kappa shape index (κ3) is 2.28. The molecule has 100 valence electrons. The molecule has 1 aromatic heterocycles. The van der Waals surface area contributed by atoms with Gasteiger partial charge >= 0.3 is 0 Å². The van der Waals surface area contributed by atoms with Crippen LogP contribution in [0.5, 0.6) is 0 Å². The molecule has 2 aliphatic heterocycles. The SMILES string of the molecule is C=CCN1C(=O)C[C@@H]2[C@@H]1CCN2Cc1ccccn1. The molecule has 3 rings (SSSR count). The second kappa shape index (κ2) is 5.13. The topological polar surface area (TPSA) is 36.4 Å². The molecule has 0 saturated carbocycles.